The number of aliphatic hydroxyl groups is 7. The summed E-state index contributed by atoms with van der Waals surface area (Å²) in [4.78, 5) is 37.8. The maximum absolute atomic E-state index is 13.0. The van der Waals surface area contributed by atoms with Crippen LogP contribution in [0.15, 0.2) is 84.9 Å². The lowest BCUT2D eigenvalue weighted by Crippen LogP contribution is -2.70. The minimum absolute atomic E-state index is 0.0896. The molecule has 14 atom stereocenters. The monoisotopic (exact) mass is 856 g/mol. The zero-order chi connectivity index (χ0) is 43.8. The number of hydrogen-bond donors (Lipinski definition) is 10. The molecule has 0 radical (unpaired) electrons. The number of aliphatic hydroxyl groups excluding tert-OH is 7. The summed E-state index contributed by atoms with van der Waals surface area (Å²) in [5.74, 6) is -5.71. The summed E-state index contributed by atoms with van der Waals surface area (Å²) in [6.45, 7) is -0.376. The molecule has 332 valence electrons. The lowest BCUT2D eigenvalue weighted by atomic mass is 9.88. The van der Waals surface area contributed by atoms with Gasteiger partial charge in [0.05, 0.1) is 31.0 Å². The van der Waals surface area contributed by atoms with Crippen molar-refractivity contribution in [1.82, 2.24) is 10.6 Å². The molecule has 61 heavy (non-hydrogen) atoms. The molecule has 0 bridgehead atoms. The standard InChI is InChI=1S/C42H52N2O17/c1-22(46)44-32-27(47)18-42(41(54)55,60-37(32)33(49)28(48)19-43-39(53)25-10-6-3-7-11-25)61-38-35(51)30(20-45)59-40(36(38)52)58-29-16-17-56-31(34(29)50)21-57-26-14-12-24(13-15-26)23-8-4-2-5-9-23/h2-15,27-38,40,45,47-52H,16-21H2,1H3,(H,43,53)(H,44,46)(H,54,55)/t27-,28+,29+,30+,31+,32+,33-,34+,35-,36+,37+,38-,40+,42-/m0/s1. The Labute approximate surface area is 350 Å². The van der Waals surface area contributed by atoms with Gasteiger partial charge in [0, 0.05) is 32.1 Å². The van der Waals surface area contributed by atoms with Crippen LogP contribution in [0, 0.1) is 0 Å². The number of benzene rings is 3. The molecule has 0 aromatic heterocycles. The molecule has 3 saturated heterocycles. The third kappa shape index (κ3) is 10.9. The highest BCUT2D eigenvalue weighted by Gasteiger charge is 2.59. The number of ether oxygens (including phenoxy) is 6. The molecule has 3 aromatic rings. The van der Waals surface area contributed by atoms with Crippen LogP contribution in [-0.4, -0.2) is 170 Å². The van der Waals surface area contributed by atoms with E-state index in [1.165, 1.54) is 12.1 Å². The lowest BCUT2D eigenvalue weighted by Gasteiger charge is -2.50. The molecule has 3 aromatic carbocycles. The molecule has 3 aliphatic rings. The first-order valence-electron chi connectivity index (χ1n) is 19.8. The van der Waals surface area contributed by atoms with Gasteiger partial charge in [0.2, 0.25) is 5.91 Å². The number of carboxylic acid groups (broad SMARTS) is 1. The van der Waals surface area contributed by atoms with Gasteiger partial charge in [-0.15, -0.1) is 0 Å². The number of aliphatic carboxylic acids is 1. The largest absolute Gasteiger partial charge is 0.491 e. The Bertz CT molecular complexity index is 1890. The fraction of sp³-hybridized carbons (Fsp3) is 0.500. The lowest BCUT2D eigenvalue weighted by molar-refractivity contribution is -0.376. The number of carboxylic acids is 1. The number of carbonyl (C=O) groups excluding carboxylic acids is 2. The maximum Gasteiger partial charge on any atom is 0.364 e. The fourth-order valence-corrected chi connectivity index (χ4v) is 7.54. The van der Waals surface area contributed by atoms with Crippen LogP contribution in [0.5, 0.6) is 5.75 Å². The van der Waals surface area contributed by atoms with Gasteiger partial charge in [-0.2, -0.15) is 0 Å². The van der Waals surface area contributed by atoms with E-state index in [-0.39, 0.29) is 25.2 Å². The van der Waals surface area contributed by atoms with Crippen LogP contribution in [-0.2, 0) is 33.3 Å². The number of nitrogens with one attached hydrogen (secondary N) is 2. The molecule has 19 nitrogen and oxygen atoms in total. The van der Waals surface area contributed by atoms with E-state index < -0.39 is 123 Å². The van der Waals surface area contributed by atoms with Crippen molar-refractivity contribution >= 4 is 17.8 Å². The number of rotatable bonds is 16. The second-order valence-electron chi connectivity index (χ2n) is 15.1. The summed E-state index contributed by atoms with van der Waals surface area (Å²) in [6, 6.07) is 23.4. The van der Waals surface area contributed by atoms with E-state index in [0.29, 0.717) is 5.75 Å². The van der Waals surface area contributed by atoms with Crippen LogP contribution in [0.3, 0.4) is 0 Å². The van der Waals surface area contributed by atoms with Gasteiger partial charge in [0.1, 0.15) is 61.2 Å². The van der Waals surface area contributed by atoms with Gasteiger partial charge >= 0.3 is 5.97 Å². The predicted octanol–water partition coefficient (Wildman–Crippen LogP) is -1.32. The average molecular weight is 857 g/mol. The van der Waals surface area contributed by atoms with E-state index in [2.05, 4.69) is 10.6 Å². The summed E-state index contributed by atoms with van der Waals surface area (Å²) >= 11 is 0. The Hall–Kier alpha value is -4.61. The van der Waals surface area contributed by atoms with E-state index in [0.717, 1.165) is 18.1 Å². The zero-order valence-corrected chi connectivity index (χ0v) is 33.1. The molecule has 19 heteroatoms. The van der Waals surface area contributed by atoms with Crippen molar-refractivity contribution in [2.24, 2.45) is 0 Å². The molecule has 0 saturated carbocycles. The van der Waals surface area contributed by atoms with E-state index in [4.69, 9.17) is 28.4 Å². The summed E-state index contributed by atoms with van der Waals surface area (Å²) in [5, 5.41) is 93.0. The topological polar surface area (TPSA) is 292 Å². The first kappa shape index (κ1) is 45.9. The van der Waals surface area contributed by atoms with Gasteiger partial charge in [-0.3, -0.25) is 9.59 Å². The quantitative estimate of drug-likeness (QED) is 0.0799. The van der Waals surface area contributed by atoms with E-state index in [1.54, 1.807) is 30.3 Å². The van der Waals surface area contributed by atoms with Crippen molar-refractivity contribution in [3.8, 4) is 16.9 Å². The van der Waals surface area contributed by atoms with Crippen molar-refractivity contribution in [2.75, 3.05) is 26.4 Å². The number of carbonyl (C=O) groups is 3. The van der Waals surface area contributed by atoms with Crippen LogP contribution >= 0.6 is 0 Å². The zero-order valence-electron chi connectivity index (χ0n) is 33.1. The van der Waals surface area contributed by atoms with Gasteiger partial charge in [-0.25, -0.2) is 4.79 Å². The summed E-state index contributed by atoms with van der Waals surface area (Å²) < 4.78 is 35.0. The number of amides is 2. The minimum Gasteiger partial charge on any atom is -0.491 e. The SMILES string of the molecule is CC(=O)N[C@H]1[C@H]([C@@H](O)[C@H](O)CNC(=O)c2ccccc2)O[C@@](O[C@H]2[C@@H](O)[C@@H](CO)O[C@@H](O[C@@H]3CCO[C@H](COc4ccc(-c5ccccc5)cc4)[C@@H]3O)[C@@H]2O)(C(=O)O)C[C@@H]1O. The van der Waals surface area contributed by atoms with Gasteiger partial charge < -0.3 is 79.9 Å². The van der Waals surface area contributed by atoms with Crippen LogP contribution in [0.2, 0.25) is 0 Å². The molecule has 2 amide bonds. The van der Waals surface area contributed by atoms with Gasteiger partial charge in [-0.05, 0) is 41.8 Å². The van der Waals surface area contributed by atoms with Crippen molar-refractivity contribution in [2.45, 2.75) is 105 Å². The van der Waals surface area contributed by atoms with Crippen LogP contribution in [0.25, 0.3) is 11.1 Å². The minimum atomic E-state index is -2.98. The Balaban J connectivity index is 1.14. The Morgan fingerprint density at radius 1 is 0.869 bits per heavy atom. The first-order valence-corrected chi connectivity index (χ1v) is 19.8. The van der Waals surface area contributed by atoms with Gasteiger partial charge in [0.15, 0.2) is 6.29 Å². The molecule has 3 heterocycles. The highest BCUT2D eigenvalue weighted by atomic mass is 16.8. The highest BCUT2D eigenvalue weighted by molar-refractivity contribution is 5.94. The third-order valence-electron chi connectivity index (χ3n) is 10.8. The van der Waals surface area contributed by atoms with E-state index in [1.807, 2.05) is 42.5 Å². The molecule has 0 spiro atoms. The average Bonchev–Trinajstić information content (AvgIpc) is 3.26. The Morgan fingerprint density at radius 3 is 2.16 bits per heavy atom. The summed E-state index contributed by atoms with van der Waals surface area (Å²) in [6.07, 6.45) is -21.1. The van der Waals surface area contributed by atoms with Crippen molar-refractivity contribution in [3.63, 3.8) is 0 Å². The van der Waals surface area contributed by atoms with Crippen molar-refractivity contribution in [1.29, 1.82) is 0 Å². The van der Waals surface area contributed by atoms with Crippen molar-refractivity contribution < 1.29 is 83.7 Å². The maximum atomic E-state index is 13.0. The smallest absolute Gasteiger partial charge is 0.364 e. The fourth-order valence-electron chi connectivity index (χ4n) is 7.54. The van der Waals surface area contributed by atoms with Crippen molar-refractivity contribution in [3.05, 3.63) is 90.5 Å². The molecule has 0 unspecified atom stereocenters. The second-order valence-corrected chi connectivity index (χ2v) is 15.1. The van der Waals surface area contributed by atoms with Gasteiger partial charge in [0.25, 0.3) is 11.7 Å². The Kier molecular flexibility index (Phi) is 15.4. The second kappa shape index (κ2) is 20.5. The normalized spacial score (nSPS) is 32.6. The third-order valence-corrected chi connectivity index (χ3v) is 10.8. The first-order chi connectivity index (χ1) is 29.2. The summed E-state index contributed by atoms with van der Waals surface area (Å²) in [5.41, 5.74) is 2.23. The van der Waals surface area contributed by atoms with Gasteiger partial charge in [-0.1, -0.05) is 60.7 Å². The molecule has 3 aliphatic heterocycles. The molecular weight excluding hydrogens is 804 g/mol. The van der Waals surface area contributed by atoms with Crippen LogP contribution in [0.4, 0.5) is 0 Å². The molecular formula is C42H52N2O17. The highest BCUT2D eigenvalue weighted by Crippen LogP contribution is 2.38. The van der Waals surface area contributed by atoms with E-state index >= 15 is 0 Å². The molecule has 6 rings (SSSR count). The molecule has 10 N–H and O–H groups in total. The number of hydrogen-bond acceptors (Lipinski definition) is 16. The Morgan fingerprint density at radius 2 is 1.52 bits per heavy atom. The van der Waals surface area contributed by atoms with Crippen LogP contribution < -0.4 is 15.4 Å². The van der Waals surface area contributed by atoms with Crippen LogP contribution in [0.1, 0.15) is 30.1 Å². The van der Waals surface area contributed by atoms with E-state index in [9.17, 15) is 55.2 Å². The molecule has 0 aliphatic carbocycles. The summed E-state index contributed by atoms with van der Waals surface area (Å²) in [7, 11) is 0. The predicted molar refractivity (Wildman–Crippen MR) is 210 cm³/mol. The molecule has 3 fully saturated rings.